The van der Waals surface area contributed by atoms with E-state index in [1.165, 1.54) is 0 Å². The third-order valence-electron chi connectivity index (χ3n) is 4.12. The minimum absolute atomic E-state index is 0.0453. The van der Waals surface area contributed by atoms with Crippen molar-refractivity contribution in [2.75, 3.05) is 12.3 Å². The summed E-state index contributed by atoms with van der Waals surface area (Å²) in [6, 6.07) is 2.59. The van der Waals surface area contributed by atoms with E-state index >= 15 is 0 Å². The van der Waals surface area contributed by atoms with Crippen molar-refractivity contribution in [2.24, 2.45) is 0 Å². The van der Waals surface area contributed by atoms with Crippen molar-refractivity contribution in [2.45, 2.75) is 62.3 Å². The van der Waals surface area contributed by atoms with Crippen molar-refractivity contribution in [1.29, 1.82) is 5.26 Å². The molecule has 7 heteroatoms. The first-order valence-electron chi connectivity index (χ1n) is 8.03. The fourth-order valence-corrected chi connectivity index (χ4v) is 4.46. The molecule has 0 aromatic rings. The van der Waals surface area contributed by atoms with Crippen LogP contribution in [0.25, 0.3) is 0 Å². The second-order valence-electron chi connectivity index (χ2n) is 5.83. The summed E-state index contributed by atoms with van der Waals surface area (Å²) in [7, 11) is 0. The summed E-state index contributed by atoms with van der Waals surface area (Å²) >= 11 is 1.91. The van der Waals surface area contributed by atoms with Crippen molar-refractivity contribution < 1.29 is 9.59 Å². The zero-order valence-electron chi connectivity index (χ0n) is 12.8. The Bertz CT molecular complexity index is 438. The maximum atomic E-state index is 11.6. The first-order chi connectivity index (χ1) is 10.7. The zero-order valence-corrected chi connectivity index (χ0v) is 13.6. The van der Waals surface area contributed by atoms with E-state index < -0.39 is 0 Å². The van der Waals surface area contributed by atoms with Crippen molar-refractivity contribution in [3.8, 4) is 6.07 Å². The first-order valence-corrected chi connectivity index (χ1v) is 9.08. The lowest BCUT2D eigenvalue weighted by Gasteiger charge is -2.16. The van der Waals surface area contributed by atoms with Gasteiger partial charge in [-0.3, -0.25) is 4.79 Å². The van der Waals surface area contributed by atoms with Gasteiger partial charge in [0.2, 0.25) is 5.91 Å². The largest absolute Gasteiger partial charge is 0.356 e. The van der Waals surface area contributed by atoms with Gasteiger partial charge in [0, 0.05) is 30.4 Å². The fourth-order valence-electron chi connectivity index (χ4n) is 2.92. The normalized spacial score (nSPS) is 26.0. The molecule has 3 amide bonds. The number of hydrogen-bond donors (Lipinski definition) is 3. The number of carbonyl (C=O) groups is 2. The molecule has 3 atom stereocenters. The summed E-state index contributed by atoms with van der Waals surface area (Å²) in [5.41, 5.74) is 0. The molecule has 6 nitrogen and oxygen atoms in total. The highest BCUT2D eigenvalue weighted by atomic mass is 32.2. The number of nitrogens with one attached hydrogen (secondary N) is 3. The Balaban J connectivity index is 1.50. The van der Waals surface area contributed by atoms with Gasteiger partial charge in [-0.25, -0.2) is 4.79 Å². The van der Waals surface area contributed by atoms with Crippen LogP contribution >= 0.6 is 11.8 Å². The van der Waals surface area contributed by atoms with Crippen molar-refractivity contribution in [1.82, 2.24) is 16.0 Å². The summed E-state index contributed by atoms with van der Waals surface area (Å²) in [5.74, 6) is 1.09. The van der Waals surface area contributed by atoms with E-state index in [-0.39, 0.29) is 24.0 Å². The predicted octanol–water partition coefficient (Wildman–Crippen LogP) is 1.52. The molecular formula is C15H24N4O2S. The Morgan fingerprint density at radius 3 is 3.00 bits per heavy atom. The minimum atomic E-state index is -0.0453. The molecule has 2 saturated heterocycles. The molecule has 0 spiro atoms. The lowest BCUT2D eigenvalue weighted by atomic mass is 10.0. The number of hydrogen-bond acceptors (Lipinski definition) is 4. The van der Waals surface area contributed by atoms with Gasteiger partial charge in [0.05, 0.1) is 18.2 Å². The number of rotatable bonds is 9. The summed E-state index contributed by atoms with van der Waals surface area (Å²) in [4.78, 5) is 22.9. The summed E-state index contributed by atoms with van der Waals surface area (Å²) < 4.78 is 0. The van der Waals surface area contributed by atoms with Gasteiger partial charge in [-0.1, -0.05) is 6.42 Å². The molecule has 2 aliphatic rings. The van der Waals surface area contributed by atoms with Crippen LogP contribution in [0.2, 0.25) is 0 Å². The molecule has 122 valence electrons. The molecule has 0 radical (unpaired) electrons. The Morgan fingerprint density at radius 1 is 1.32 bits per heavy atom. The average molecular weight is 324 g/mol. The van der Waals surface area contributed by atoms with E-state index in [0.29, 0.717) is 24.6 Å². The first kappa shape index (κ1) is 16.9. The molecule has 22 heavy (non-hydrogen) atoms. The van der Waals surface area contributed by atoms with Gasteiger partial charge in [0.15, 0.2) is 0 Å². The van der Waals surface area contributed by atoms with Crippen LogP contribution < -0.4 is 16.0 Å². The third kappa shape index (κ3) is 5.09. The summed E-state index contributed by atoms with van der Waals surface area (Å²) in [6.07, 6.45) is 5.78. The monoisotopic (exact) mass is 324 g/mol. The van der Waals surface area contributed by atoms with E-state index in [1.807, 2.05) is 11.8 Å². The Labute approximate surface area is 135 Å². The fraction of sp³-hybridized carbons (Fsp3) is 0.800. The molecule has 2 rings (SSSR count). The highest BCUT2D eigenvalue weighted by molar-refractivity contribution is 8.00. The zero-order chi connectivity index (χ0) is 15.8. The number of amides is 3. The van der Waals surface area contributed by atoms with Crippen molar-refractivity contribution >= 4 is 23.7 Å². The van der Waals surface area contributed by atoms with E-state index in [4.69, 9.17) is 5.26 Å². The number of carbonyl (C=O) groups excluding carboxylic acids is 2. The lowest BCUT2D eigenvalue weighted by molar-refractivity contribution is -0.121. The second kappa shape index (κ2) is 8.89. The lowest BCUT2D eigenvalue weighted by Crippen LogP contribution is -2.36. The number of nitrogens with zero attached hydrogens (tertiary/aromatic N) is 1. The molecule has 2 aliphatic heterocycles. The van der Waals surface area contributed by atoms with E-state index in [0.717, 1.165) is 37.9 Å². The van der Waals surface area contributed by atoms with Crippen LogP contribution in [0, 0.1) is 11.3 Å². The van der Waals surface area contributed by atoms with Crippen LogP contribution in [0.1, 0.15) is 44.9 Å². The topological polar surface area (TPSA) is 94.0 Å². The molecule has 2 fully saturated rings. The van der Waals surface area contributed by atoms with Crippen LogP contribution in [-0.2, 0) is 4.79 Å². The second-order valence-corrected chi connectivity index (χ2v) is 7.10. The van der Waals surface area contributed by atoms with Crippen LogP contribution in [0.15, 0.2) is 0 Å². The minimum Gasteiger partial charge on any atom is -0.356 e. The molecular weight excluding hydrogens is 300 g/mol. The molecule has 0 bridgehead atoms. The van der Waals surface area contributed by atoms with Gasteiger partial charge in [-0.15, -0.1) is 0 Å². The number of fused-ring (bicyclic) bond motifs is 1. The Hall–Kier alpha value is -1.42. The molecule has 0 aliphatic carbocycles. The van der Waals surface area contributed by atoms with E-state index in [1.54, 1.807) is 0 Å². The maximum Gasteiger partial charge on any atom is 0.315 e. The average Bonchev–Trinajstić information content (AvgIpc) is 3.03. The van der Waals surface area contributed by atoms with Gasteiger partial charge in [-0.05, 0) is 25.7 Å². The molecule has 0 aromatic heterocycles. The van der Waals surface area contributed by atoms with E-state index in [9.17, 15) is 9.59 Å². The van der Waals surface area contributed by atoms with Gasteiger partial charge in [0.1, 0.15) is 0 Å². The highest BCUT2D eigenvalue weighted by Gasteiger charge is 2.42. The smallest absolute Gasteiger partial charge is 0.315 e. The van der Waals surface area contributed by atoms with Gasteiger partial charge < -0.3 is 16.0 Å². The summed E-state index contributed by atoms with van der Waals surface area (Å²) in [6.45, 7) is 0.667. The maximum absolute atomic E-state index is 11.6. The number of nitriles is 1. The van der Waals surface area contributed by atoms with Crippen LogP contribution in [-0.4, -0.2) is 41.6 Å². The van der Waals surface area contributed by atoms with E-state index in [2.05, 4.69) is 22.0 Å². The summed E-state index contributed by atoms with van der Waals surface area (Å²) in [5, 5.41) is 17.7. The number of thioether (sulfide) groups is 1. The Morgan fingerprint density at radius 2 is 2.18 bits per heavy atom. The third-order valence-corrected chi connectivity index (χ3v) is 5.63. The molecule has 2 heterocycles. The number of unbranched alkanes of at least 4 members (excludes halogenated alkanes) is 3. The van der Waals surface area contributed by atoms with Gasteiger partial charge in [-0.2, -0.15) is 17.0 Å². The van der Waals surface area contributed by atoms with Gasteiger partial charge >= 0.3 is 6.03 Å². The standard InChI is InChI=1S/C15H24N4O2S/c16-8-4-1-5-9-17-13(20)7-3-2-6-12-14-11(10-22-12)18-15(21)19-14/h11-12,14H,1-7,9-10H2,(H,17,20)(H2,18,19,21)/t11-,12-,14-/m0/s1. The number of urea groups is 1. The molecule has 0 aromatic carbocycles. The van der Waals surface area contributed by atoms with Crippen LogP contribution in [0.5, 0.6) is 0 Å². The van der Waals surface area contributed by atoms with Crippen LogP contribution in [0.3, 0.4) is 0 Å². The molecule has 0 saturated carbocycles. The highest BCUT2D eigenvalue weighted by Crippen LogP contribution is 2.33. The molecule has 0 unspecified atom stereocenters. The van der Waals surface area contributed by atoms with Crippen molar-refractivity contribution in [3.05, 3.63) is 0 Å². The van der Waals surface area contributed by atoms with Gasteiger partial charge in [0.25, 0.3) is 0 Å². The molecule has 3 N–H and O–H groups in total. The van der Waals surface area contributed by atoms with Crippen LogP contribution in [0.4, 0.5) is 4.79 Å². The predicted molar refractivity (Wildman–Crippen MR) is 86.4 cm³/mol. The van der Waals surface area contributed by atoms with Crippen molar-refractivity contribution in [3.63, 3.8) is 0 Å². The SMILES string of the molecule is N#CCCCCNC(=O)CCCC[C@@H]1SC[C@@H]2NC(=O)N[C@@H]21. The quantitative estimate of drug-likeness (QED) is 0.443. The Kier molecular flexibility index (Phi) is 6.84.